The van der Waals surface area contributed by atoms with Gasteiger partial charge in [-0.05, 0) is 38.8 Å². The molecule has 1 aromatic heterocycles. The molecule has 2 rings (SSSR count). The molecule has 1 aromatic carbocycles. The topological polar surface area (TPSA) is 88.2 Å². The summed E-state index contributed by atoms with van der Waals surface area (Å²) < 4.78 is 26.8. The smallest absolute Gasteiger partial charge is 0.263 e. The van der Waals surface area contributed by atoms with Gasteiger partial charge in [0.15, 0.2) is 0 Å². The number of sulfonamides is 1. The van der Waals surface area contributed by atoms with Crippen LogP contribution in [0.25, 0.3) is 0 Å². The van der Waals surface area contributed by atoms with Crippen LogP contribution < -0.4 is 10.0 Å². The third kappa shape index (κ3) is 5.35. The summed E-state index contributed by atoms with van der Waals surface area (Å²) in [6.45, 7) is 6.38. The highest BCUT2D eigenvalue weighted by molar-refractivity contribution is 7.89. The van der Waals surface area contributed by atoms with Crippen LogP contribution in [0.2, 0.25) is 0 Å². The van der Waals surface area contributed by atoms with E-state index in [0.717, 1.165) is 22.7 Å². The van der Waals surface area contributed by atoms with Crippen molar-refractivity contribution < 1.29 is 13.2 Å². The Morgan fingerprint density at radius 3 is 2.44 bits per heavy atom. The fourth-order valence-corrected chi connectivity index (χ4v) is 4.19. The van der Waals surface area contributed by atoms with E-state index in [0.29, 0.717) is 17.8 Å². The van der Waals surface area contributed by atoms with E-state index < -0.39 is 10.0 Å². The van der Waals surface area contributed by atoms with Crippen molar-refractivity contribution in [3.8, 4) is 0 Å². The molecule has 2 aromatic rings. The van der Waals surface area contributed by atoms with Crippen molar-refractivity contribution >= 4 is 27.3 Å². The molecule has 0 radical (unpaired) electrons. The van der Waals surface area contributed by atoms with Gasteiger partial charge in [0.25, 0.3) is 5.91 Å². The minimum atomic E-state index is -3.51. The highest BCUT2D eigenvalue weighted by Gasteiger charge is 2.15. The molecule has 1 heterocycles. The molecule has 0 fully saturated rings. The predicted molar refractivity (Wildman–Crippen MR) is 99.5 cm³/mol. The Hall–Kier alpha value is -1.77. The predicted octanol–water partition coefficient (Wildman–Crippen LogP) is 2.42. The molecule has 0 unspecified atom stereocenters. The molecule has 136 valence electrons. The number of aromatic nitrogens is 1. The van der Waals surface area contributed by atoms with E-state index in [2.05, 4.69) is 15.0 Å². The van der Waals surface area contributed by atoms with Crippen LogP contribution in [0.15, 0.2) is 29.2 Å². The number of carbonyl (C=O) groups is 1. The lowest BCUT2D eigenvalue weighted by Crippen LogP contribution is -2.29. The van der Waals surface area contributed by atoms with Crippen LogP contribution in [0.4, 0.5) is 0 Å². The maximum atomic E-state index is 12.1. The molecule has 0 atom stereocenters. The van der Waals surface area contributed by atoms with E-state index in [1.807, 2.05) is 20.8 Å². The summed E-state index contributed by atoms with van der Waals surface area (Å²) in [7, 11) is -3.51. The van der Waals surface area contributed by atoms with Crippen LogP contribution in [-0.4, -0.2) is 32.4 Å². The van der Waals surface area contributed by atoms with Crippen molar-refractivity contribution in [2.45, 2.75) is 38.5 Å². The number of nitrogens with zero attached hydrogens (tertiary/aromatic N) is 1. The molecule has 0 saturated carbocycles. The number of carbonyl (C=O) groups excluding carboxylic acids is 1. The van der Waals surface area contributed by atoms with E-state index in [-0.39, 0.29) is 17.3 Å². The Kier molecular flexibility index (Phi) is 6.69. The van der Waals surface area contributed by atoms with Gasteiger partial charge in [-0.3, -0.25) is 4.79 Å². The summed E-state index contributed by atoms with van der Waals surface area (Å²) in [6.07, 6.45) is 1.31. The molecule has 2 N–H and O–H groups in total. The van der Waals surface area contributed by atoms with Crippen LogP contribution in [-0.2, 0) is 16.4 Å². The SMILES string of the molecule is CCc1nc(C)c(C(=O)NCCCNS(=O)(=O)c2ccc(C)cc2)s1. The summed E-state index contributed by atoms with van der Waals surface area (Å²) >= 11 is 1.40. The summed E-state index contributed by atoms with van der Waals surface area (Å²) in [5.74, 6) is -0.156. The molecule has 0 aliphatic rings. The first-order valence-corrected chi connectivity index (χ1v) is 10.4. The minimum Gasteiger partial charge on any atom is -0.351 e. The van der Waals surface area contributed by atoms with Crippen molar-refractivity contribution in [2.75, 3.05) is 13.1 Å². The summed E-state index contributed by atoms with van der Waals surface area (Å²) in [5, 5.41) is 3.75. The first-order valence-electron chi connectivity index (χ1n) is 8.14. The van der Waals surface area contributed by atoms with Crippen LogP contribution in [0.1, 0.15) is 39.3 Å². The van der Waals surface area contributed by atoms with E-state index in [9.17, 15) is 13.2 Å². The van der Waals surface area contributed by atoms with Crippen molar-refractivity contribution in [3.63, 3.8) is 0 Å². The zero-order chi connectivity index (χ0) is 18.4. The summed E-state index contributed by atoms with van der Waals surface area (Å²) in [6, 6.07) is 6.68. The third-order valence-electron chi connectivity index (χ3n) is 3.61. The summed E-state index contributed by atoms with van der Waals surface area (Å²) in [4.78, 5) is 17.3. The van der Waals surface area contributed by atoms with Gasteiger partial charge in [-0.2, -0.15) is 0 Å². The van der Waals surface area contributed by atoms with Gasteiger partial charge in [-0.1, -0.05) is 24.6 Å². The molecule has 25 heavy (non-hydrogen) atoms. The van der Waals surface area contributed by atoms with E-state index in [4.69, 9.17) is 0 Å². The van der Waals surface area contributed by atoms with Crippen molar-refractivity contribution in [1.29, 1.82) is 0 Å². The largest absolute Gasteiger partial charge is 0.351 e. The first kappa shape index (κ1) is 19.6. The molecular formula is C17H23N3O3S2. The van der Waals surface area contributed by atoms with Gasteiger partial charge in [-0.15, -0.1) is 11.3 Å². The number of benzene rings is 1. The highest BCUT2D eigenvalue weighted by atomic mass is 32.2. The monoisotopic (exact) mass is 381 g/mol. The van der Waals surface area contributed by atoms with E-state index in [1.165, 1.54) is 11.3 Å². The number of aryl methyl sites for hydroxylation is 3. The second-order valence-corrected chi connectivity index (χ2v) is 8.55. The zero-order valence-electron chi connectivity index (χ0n) is 14.6. The fraction of sp³-hybridized carbons (Fsp3) is 0.412. The second-order valence-electron chi connectivity index (χ2n) is 5.70. The van der Waals surface area contributed by atoms with Gasteiger partial charge in [0, 0.05) is 13.1 Å². The van der Waals surface area contributed by atoms with Crippen LogP contribution in [0.5, 0.6) is 0 Å². The molecule has 1 amide bonds. The van der Waals surface area contributed by atoms with Gasteiger partial charge < -0.3 is 5.32 Å². The Labute approximate surface area is 152 Å². The maximum absolute atomic E-state index is 12.1. The molecule has 0 aliphatic carbocycles. The number of nitrogens with one attached hydrogen (secondary N) is 2. The first-order chi connectivity index (χ1) is 11.8. The number of thiazole rings is 1. The van der Waals surface area contributed by atoms with Crippen LogP contribution >= 0.6 is 11.3 Å². The normalized spacial score (nSPS) is 11.5. The Morgan fingerprint density at radius 2 is 1.84 bits per heavy atom. The zero-order valence-corrected chi connectivity index (χ0v) is 16.3. The van der Waals surface area contributed by atoms with Gasteiger partial charge in [0.05, 0.1) is 15.6 Å². The quantitative estimate of drug-likeness (QED) is 0.688. The van der Waals surface area contributed by atoms with Gasteiger partial charge in [-0.25, -0.2) is 18.1 Å². The molecule has 8 heteroatoms. The number of hydrogen-bond donors (Lipinski definition) is 2. The maximum Gasteiger partial charge on any atom is 0.263 e. The molecule has 0 spiro atoms. The lowest BCUT2D eigenvalue weighted by molar-refractivity contribution is 0.0956. The molecular weight excluding hydrogens is 358 g/mol. The fourth-order valence-electron chi connectivity index (χ4n) is 2.19. The van der Waals surface area contributed by atoms with Gasteiger partial charge in [0.2, 0.25) is 10.0 Å². The van der Waals surface area contributed by atoms with Crippen LogP contribution in [0, 0.1) is 13.8 Å². The summed E-state index contributed by atoms with van der Waals surface area (Å²) in [5.41, 5.74) is 1.74. The average molecular weight is 382 g/mol. The lowest BCUT2D eigenvalue weighted by Gasteiger charge is -2.08. The Morgan fingerprint density at radius 1 is 1.16 bits per heavy atom. The van der Waals surface area contributed by atoms with E-state index in [1.54, 1.807) is 24.3 Å². The number of rotatable bonds is 8. The number of amides is 1. The van der Waals surface area contributed by atoms with Crippen molar-refractivity contribution in [2.24, 2.45) is 0 Å². The third-order valence-corrected chi connectivity index (χ3v) is 6.39. The van der Waals surface area contributed by atoms with Gasteiger partial charge in [0.1, 0.15) is 4.88 Å². The molecule has 0 aliphatic heterocycles. The Balaban J connectivity index is 1.78. The van der Waals surface area contributed by atoms with Gasteiger partial charge >= 0.3 is 0 Å². The standard InChI is InChI=1S/C17H23N3O3S2/c1-4-15-20-13(3)16(24-15)17(21)18-10-5-11-19-25(22,23)14-8-6-12(2)7-9-14/h6-9,19H,4-5,10-11H2,1-3H3,(H,18,21). The molecule has 0 bridgehead atoms. The number of hydrogen-bond acceptors (Lipinski definition) is 5. The highest BCUT2D eigenvalue weighted by Crippen LogP contribution is 2.18. The molecule has 6 nitrogen and oxygen atoms in total. The second kappa shape index (κ2) is 8.55. The van der Waals surface area contributed by atoms with Crippen molar-refractivity contribution in [3.05, 3.63) is 45.4 Å². The lowest BCUT2D eigenvalue weighted by atomic mass is 10.2. The average Bonchev–Trinajstić information content (AvgIpc) is 2.96. The Bertz CT molecular complexity index is 827. The van der Waals surface area contributed by atoms with E-state index >= 15 is 0 Å². The molecule has 0 saturated heterocycles. The minimum absolute atomic E-state index is 0.156. The van der Waals surface area contributed by atoms with Crippen molar-refractivity contribution in [1.82, 2.24) is 15.0 Å². The van der Waals surface area contributed by atoms with Crippen LogP contribution in [0.3, 0.4) is 0 Å².